The van der Waals surface area contributed by atoms with Crippen LogP contribution in [0.3, 0.4) is 0 Å². The van der Waals surface area contributed by atoms with E-state index in [1.807, 2.05) is 19.9 Å². The van der Waals surface area contributed by atoms with Gasteiger partial charge in [0, 0.05) is 36.9 Å². The molecule has 2 amide bonds. The summed E-state index contributed by atoms with van der Waals surface area (Å²) in [6.45, 7) is 5.13. The number of β-lactam (4-membered cyclic amide) rings is 1. The van der Waals surface area contributed by atoms with E-state index in [1.54, 1.807) is 30.6 Å². The van der Waals surface area contributed by atoms with E-state index in [0.29, 0.717) is 11.3 Å². The van der Waals surface area contributed by atoms with E-state index in [-0.39, 0.29) is 28.9 Å². The third-order valence-corrected chi connectivity index (χ3v) is 7.84. The van der Waals surface area contributed by atoms with E-state index < -0.39 is 47.2 Å². The second-order valence-electron chi connectivity index (χ2n) is 9.43. The SMILES string of the molecule is CC(C)CC(=O)OC(C)OC(=O)C1=C(/C=C\c2cccnc2)CS[C@H]2[C@H](NC(=O)C(=NO)c3csc(N)n3)C(=O)N12. The average Bonchev–Trinajstić information content (AvgIpc) is 3.35. The third-order valence-electron chi connectivity index (χ3n) is 5.86. The first kappa shape index (κ1) is 29.7. The van der Waals surface area contributed by atoms with Crippen molar-refractivity contribution in [1.29, 1.82) is 0 Å². The van der Waals surface area contributed by atoms with E-state index in [2.05, 4.69) is 20.4 Å². The molecule has 0 radical (unpaired) electrons. The van der Waals surface area contributed by atoms with Crippen LogP contribution in [0.15, 0.2) is 52.4 Å². The van der Waals surface area contributed by atoms with E-state index in [9.17, 15) is 24.4 Å². The summed E-state index contributed by atoms with van der Waals surface area (Å²) in [5.74, 6) is -2.43. The van der Waals surface area contributed by atoms with Crippen LogP contribution in [0.25, 0.3) is 6.08 Å². The Kier molecular flexibility index (Phi) is 9.39. The van der Waals surface area contributed by atoms with Gasteiger partial charge in [0.05, 0.1) is 0 Å². The van der Waals surface area contributed by atoms with Crippen LogP contribution >= 0.6 is 23.1 Å². The van der Waals surface area contributed by atoms with Gasteiger partial charge in [-0.05, 0) is 23.1 Å². The van der Waals surface area contributed by atoms with Crippen LogP contribution in [0.4, 0.5) is 5.13 Å². The number of hydrogen-bond acceptors (Lipinski definition) is 13. The lowest BCUT2D eigenvalue weighted by molar-refractivity contribution is -0.184. The number of allylic oxidation sites excluding steroid dienone is 1. The zero-order valence-corrected chi connectivity index (χ0v) is 24.0. The molecule has 1 saturated heterocycles. The molecule has 0 aliphatic carbocycles. The fourth-order valence-corrected chi connectivity index (χ4v) is 5.91. The number of nitrogen functional groups attached to an aromatic ring is 1. The van der Waals surface area contributed by atoms with Gasteiger partial charge in [0.25, 0.3) is 11.8 Å². The van der Waals surface area contributed by atoms with Gasteiger partial charge in [-0.1, -0.05) is 37.2 Å². The maximum absolute atomic E-state index is 13.4. The Hall–Kier alpha value is -4.24. The third kappa shape index (κ3) is 6.92. The number of amides is 2. The number of carbonyl (C=O) groups is 4. The van der Waals surface area contributed by atoms with Crippen molar-refractivity contribution in [2.75, 3.05) is 11.5 Å². The predicted octanol–water partition coefficient (Wildman–Crippen LogP) is 2.14. The van der Waals surface area contributed by atoms with Crippen LogP contribution in [0.2, 0.25) is 0 Å². The minimum atomic E-state index is -1.20. The summed E-state index contributed by atoms with van der Waals surface area (Å²) in [5.41, 5.74) is 6.50. The summed E-state index contributed by atoms with van der Waals surface area (Å²) in [7, 11) is 0. The predicted molar refractivity (Wildman–Crippen MR) is 151 cm³/mol. The molecule has 13 nitrogen and oxygen atoms in total. The molecule has 0 bridgehead atoms. The monoisotopic (exact) mass is 600 g/mol. The Morgan fingerprint density at radius 1 is 1.29 bits per heavy atom. The van der Waals surface area contributed by atoms with E-state index >= 15 is 0 Å². The Labute approximate surface area is 243 Å². The van der Waals surface area contributed by atoms with Crippen LogP contribution in [-0.2, 0) is 28.7 Å². The molecule has 2 aliphatic heterocycles. The standard InChI is InChI=1S/C26H28N6O7S2/c1-13(2)9-18(33)38-14(3)39-25(36)21-16(7-6-15-5-4-8-28-10-15)11-40-24-20(23(35)32(21)24)30-22(34)19(31-37)17-12-41-26(27)29-17/h4-8,10,12-14,20,24,37H,9,11H2,1-3H3,(H2,27,29)(H,30,34)/b7-6-,31-19?/t14?,20-,24+/m1/s1. The number of esters is 2. The highest BCUT2D eigenvalue weighted by molar-refractivity contribution is 8.00. The van der Waals surface area contributed by atoms with Gasteiger partial charge in [-0.15, -0.1) is 23.1 Å². The smallest absolute Gasteiger partial charge is 0.358 e. The number of pyridine rings is 1. The Balaban J connectivity index is 1.55. The number of anilines is 1. The largest absolute Gasteiger partial charge is 0.425 e. The molecule has 2 aromatic rings. The van der Waals surface area contributed by atoms with Gasteiger partial charge < -0.3 is 25.7 Å². The minimum Gasteiger partial charge on any atom is -0.425 e. The van der Waals surface area contributed by atoms with Crippen molar-refractivity contribution in [3.05, 3.63) is 58.5 Å². The van der Waals surface area contributed by atoms with Gasteiger partial charge in [-0.2, -0.15) is 0 Å². The fourth-order valence-electron chi connectivity index (χ4n) is 4.05. The molecule has 4 rings (SSSR count). The van der Waals surface area contributed by atoms with Gasteiger partial charge in [-0.25, -0.2) is 9.78 Å². The fraction of sp³-hybridized carbons (Fsp3) is 0.346. The molecule has 216 valence electrons. The quantitative estimate of drug-likeness (QED) is 0.0906. The summed E-state index contributed by atoms with van der Waals surface area (Å²) in [6, 6.07) is 2.57. The molecule has 1 unspecified atom stereocenters. The first-order chi connectivity index (χ1) is 19.6. The number of nitrogens with two attached hydrogens (primary N) is 1. The summed E-state index contributed by atoms with van der Waals surface area (Å²) in [4.78, 5) is 60.8. The summed E-state index contributed by atoms with van der Waals surface area (Å²) >= 11 is 2.38. The normalized spacial score (nSPS) is 19.6. The highest BCUT2D eigenvalue weighted by Gasteiger charge is 2.54. The number of nitrogens with zero attached hydrogens (tertiary/aromatic N) is 4. The van der Waals surface area contributed by atoms with Gasteiger partial charge >= 0.3 is 11.9 Å². The summed E-state index contributed by atoms with van der Waals surface area (Å²) < 4.78 is 10.6. The van der Waals surface area contributed by atoms with Gasteiger partial charge in [0.15, 0.2) is 10.8 Å². The van der Waals surface area contributed by atoms with Crippen molar-refractivity contribution in [3.63, 3.8) is 0 Å². The molecule has 15 heteroatoms. The van der Waals surface area contributed by atoms with Crippen molar-refractivity contribution >= 4 is 63.8 Å². The zero-order valence-electron chi connectivity index (χ0n) is 22.3. The second-order valence-corrected chi connectivity index (χ2v) is 11.4. The van der Waals surface area contributed by atoms with Crippen LogP contribution in [0, 0.1) is 5.92 Å². The van der Waals surface area contributed by atoms with Crippen LogP contribution < -0.4 is 11.1 Å². The lowest BCUT2D eigenvalue weighted by atomic mass is 10.0. The topological polar surface area (TPSA) is 186 Å². The molecular formula is C26H28N6O7S2. The summed E-state index contributed by atoms with van der Waals surface area (Å²) in [5, 5.41) is 15.9. The lowest BCUT2D eigenvalue weighted by Crippen LogP contribution is -2.71. The minimum absolute atomic E-state index is 0.0283. The number of thioether (sulfide) groups is 1. The molecule has 2 aromatic heterocycles. The average molecular weight is 601 g/mol. The highest BCUT2D eigenvalue weighted by atomic mass is 32.2. The van der Waals surface area contributed by atoms with Crippen LogP contribution in [-0.4, -0.2) is 73.0 Å². The molecule has 0 saturated carbocycles. The van der Waals surface area contributed by atoms with Crippen LogP contribution in [0.1, 0.15) is 38.4 Å². The molecule has 4 N–H and O–H groups in total. The number of oxime groups is 1. The molecule has 1 fully saturated rings. The Morgan fingerprint density at radius 2 is 2.07 bits per heavy atom. The van der Waals surface area contributed by atoms with Crippen molar-refractivity contribution in [2.45, 2.75) is 44.9 Å². The van der Waals surface area contributed by atoms with Crippen molar-refractivity contribution < 1.29 is 33.9 Å². The number of aromatic nitrogens is 2. The number of ether oxygens (including phenoxy) is 2. The molecule has 2 aliphatic rings. The van der Waals surface area contributed by atoms with Crippen molar-refractivity contribution in [3.8, 4) is 0 Å². The number of thiazole rings is 1. The van der Waals surface area contributed by atoms with E-state index in [0.717, 1.165) is 16.9 Å². The van der Waals surface area contributed by atoms with Crippen molar-refractivity contribution in [2.24, 2.45) is 11.1 Å². The Bertz CT molecular complexity index is 1420. The van der Waals surface area contributed by atoms with Crippen LogP contribution in [0.5, 0.6) is 0 Å². The number of nitrogens with one attached hydrogen (secondary N) is 1. The maximum atomic E-state index is 13.4. The number of fused-ring (bicyclic) bond motifs is 1. The Morgan fingerprint density at radius 3 is 2.71 bits per heavy atom. The zero-order chi connectivity index (χ0) is 29.7. The second kappa shape index (κ2) is 13.0. The molecular weight excluding hydrogens is 572 g/mol. The number of hydrogen-bond donors (Lipinski definition) is 3. The van der Waals surface area contributed by atoms with E-state index in [1.165, 1.54) is 29.0 Å². The van der Waals surface area contributed by atoms with Gasteiger partial charge in [-0.3, -0.25) is 24.3 Å². The lowest BCUT2D eigenvalue weighted by Gasteiger charge is -2.49. The molecule has 4 heterocycles. The van der Waals surface area contributed by atoms with Crippen molar-refractivity contribution in [1.82, 2.24) is 20.2 Å². The first-order valence-corrected chi connectivity index (χ1v) is 14.4. The van der Waals surface area contributed by atoms with E-state index in [4.69, 9.17) is 15.2 Å². The first-order valence-electron chi connectivity index (χ1n) is 12.5. The van der Waals surface area contributed by atoms with Gasteiger partial charge in [0.1, 0.15) is 22.8 Å². The maximum Gasteiger partial charge on any atom is 0.358 e. The molecule has 0 spiro atoms. The molecule has 3 atom stereocenters. The molecule has 41 heavy (non-hydrogen) atoms. The van der Waals surface area contributed by atoms with Gasteiger partial charge in [0.2, 0.25) is 6.29 Å². The summed E-state index contributed by atoms with van der Waals surface area (Å²) in [6.07, 6.45) is 5.66. The molecule has 0 aromatic carbocycles. The highest BCUT2D eigenvalue weighted by Crippen LogP contribution is 2.41. The number of rotatable bonds is 10. The number of carbonyl (C=O) groups excluding carboxylic acids is 4.